The summed E-state index contributed by atoms with van der Waals surface area (Å²) in [7, 11) is 0. The van der Waals surface area contributed by atoms with Gasteiger partial charge in [-0.15, -0.1) is 0 Å². The number of nitrogens with one attached hydrogen (secondary N) is 1. The maximum absolute atomic E-state index is 10.7. The number of nitro groups is 1. The van der Waals surface area contributed by atoms with Crippen molar-refractivity contribution in [1.29, 1.82) is 5.26 Å². The Morgan fingerprint density at radius 1 is 1.42 bits per heavy atom. The first-order valence-corrected chi connectivity index (χ1v) is 6.32. The van der Waals surface area contributed by atoms with Gasteiger partial charge < -0.3 is 11.1 Å². The molecule has 0 saturated heterocycles. The number of nitriles is 1. The van der Waals surface area contributed by atoms with Crippen LogP contribution in [0, 0.1) is 21.4 Å². The fourth-order valence-electron chi connectivity index (χ4n) is 2.40. The minimum atomic E-state index is -0.503. The van der Waals surface area contributed by atoms with Crippen LogP contribution in [0.1, 0.15) is 31.2 Å². The highest BCUT2D eigenvalue weighted by Gasteiger charge is 2.22. The van der Waals surface area contributed by atoms with Crippen molar-refractivity contribution in [3.05, 3.63) is 33.9 Å². The Bertz CT molecular complexity index is 524. The monoisotopic (exact) mass is 260 g/mol. The largest absolute Gasteiger partial charge is 0.380 e. The molecule has 19 heavy (non-hydrogen) atoms. The van der Waals surface area contributed by atoms with Gasteiger partial charge in [0.25, 0.3) is 5.69 Å². The van der Waals surface area contributed by atoms with E-state index in [0.717, 1.165) is 25.7 Å². The van der Waals surface area contributed by atoms with E-state index in [0.29, 0.717) is 5.69 Å². The number of hydrogen-bond acceptors (Lipinski definition) is 5. The van der Waals surface area contributed by atoms with Gasteiger partial charge in [-0.25, -0.2) is 0 Å². The molecular weight excluding hydrogens is 244 g/mol. The second kappa shape index (κ2) is 5.67. The molecule has 2 atom stereocenters. The number of nitrogens with two attached hydrogens (primary N) is 1. The molecule has 6 heteroatoms. The molecule has 0 heterocycles. The molecule has 0 unspecified atom stereocenters. The summed E-state index contributed by atoms with van der Waals surface area (Å²) >= 11 is 0. The molecule has 1 fully saturated rings. The molecule has 1 aromatic carbocycles. The first-order chi connectivity index (χ1) is 9.11. The van der Waals surface area contributed by atoms with Crippen molar-refractivity contribution < 1.29 is 4.92 Å². The van der Waals surface area contributed by atoms with Crippen molar-refractivity contribution in [3.8, 4) is 6.07 Å². The van der Waals surface area contributed by atoms with E-state index in [1.165, 1.54) is 12.1 Å². The molecule has 0 spiro atoms. The molecule has 0 aromatic heterocycles. The predicted molar refractivity (Wildman–Crippen MR) is 71.7 cm³/mol. The van der Waals surface area contributed by atoms with Gasteiger partial charge in [0.15, 0.2) is 0 Å². The van der Waals surface area contributed by atoms with Gasteiger partial charge in [-0.05, 0) is 18.9 Å². The summed E-state index contributed by atoms with van der Waals surface area (Å²) in [6.45, 7) is 0. The van der Waals surface area contributed by atoms with Crippen LogP contribution < -0.4 is 11.1 Å². The topological polar surface area (TPSA) is 105 Å². The zero-order chi connectivity index (χ0) is 13.8. The number of anilines is 1. The summed E-state index contributed by atoms with van der Waals surface area (Å²) in [5.41, 5.74) is 6.87. The Morgan fingerprint density at radius 3 is 2.79 bits per heavy atom. The Balaban J connectivity index is 2.20. The summed E-state index contributed by atoms with van der Waals surface area (Å²) in [4.78, 5) is 10.2. The number of nitrogens with zero attached hydrogens (tertiary/aromatic N) is 2. The molecule has 1 aliphatic rings. The molecule has 0 radical (unpaired) electrons. The summed E-state index contributed by atoms with van der Waals surface area (Å²) < 4.78 is 0. The van der Waals surface area contributed by atoms with Crippen LogP contribution in [0.15, 0.2) is 18.2 Å². The van der Waals surface area contributed by atoms with E-state index in [1.807, 2.05) is 6.07 Å². The molecule has 0 aliphatic heterocycles. The molecule has 100 valence electrons. The number of nitro benzene ring substituents is 1. The molecule has 6 nitrogen and oxygen atoms in total. The highest BCUT2D eigenvalue weighted by atomic mass is 16.6. The lowest BCUT2D eigenvalue weighted by Gasteiger charge is -2.30. The van der Waals surface area contributed by atoms with Gasteiger partial charge >= 0.3 is 0 Å². The highest BCUT2D eigenvalue weighted by molar-refractivity contribution is 5.61. The zero-order valence-electron chi connectivity index (χ0n) is 10.5. The average molecular weight is 260 g/mol. The van der Waals surface area contributed by atoms with E-state index in [2.05, 4.69) is 5.32 Å². The first kappa shape index (κ1) is 13.3. The van der Waals surface area contributed by atoms with Crippen molar-refractivity contribution in [3.63, 3.8) is 0 Å². The van der Waals surface area contributed by atoms with Crippen molar-refractivity contribution in [2.75, 3.05) is 5.32 Å². The Labute approximate surface area is 111 Å². The SMILES string of the molecule is N#Cc1cc([N+](=O)[O-])ccc1N[C@@H]1CCCC[C@H]1N. The van der Waals surface area contributed by atoms with Gasteiger partial charge in [0.1, 0.15) is 6.07 Å². The molecule has 3 N–H and O–H groups in total. The van der Waals surface area contributed by atoms with Crippen LogP contribution >= 0.6 is 0 Å². The quantitative estimate of drug-likeness (QED) is 0.640. The first-order valence-electron chi connectivity index (χ1n) is 6.32. The van der Waals surface area contributed by atoms with Gasteiger partial charge in [-0.1, -0.05) is 12.8 Å². The van der Waals surface area contributed by atoms with Crippen LogP contribution in [0.3, 0.4) is 0 Å². The molecule has 1 aliphatic carbocycles. The second-order valence-corrected chi connectivity index (χ2v) is 4.80. The lowest BCUT2D eigenvalue weighted by molar-refractivity contribution is -0.384. The smallest absolute Gasteiger partial charge is 0.270 e. The van der Waals surface area contributed by atoms with Crippen LogP contribution in [-0.4, -0.2) is 17.0 Å². The minimum Gasteiger partial charge on any atom is -0.380 e. The van der Waals surface area contributed by atoms with E-state index >= 15 is 0 Å². The Morgan fingerprint density at radius 2 is 2.16 bits per heavy atom. The standard InChI is InChI=1S/C13H16N4O2/c14-8-9-7-10(17(18)19)5-6-12(9)16-13-4-2-1-3-11(13)15/h5-7,11,13,16H,1-4,15H2/t11-,13-/m1/s1. The maximum Gasteiger partial charge on any atom is 0.270 e. The Kier molecular flexibility index (Phi) is 3.97. The zero-order valence-corrected chi connectivity index (χ0v) is 10.5. The van der Waals surface area contributed by atoms with Crippen molar-refractivity contribution >= 4 is 11.4 Å². The van der Waals surface area contributed by atoms with Crippen molar-refractivity contribution in [1.82, 2.24) is 0 Å². The molecular formula is C13H16N4O2. The summed E-state index contributed by atoms with van der Waals surface area (Å²) in [6, 6.07) is 6.45. The van der Waals surface area contributed by atoms with Gasteiger partial charge in [0.05, 0.1) is 16.2 Å². The maximum atomic E-state index is 10.7. The second-order valence-electron chi connectivity index (χ2n) is 4.80. The third kappa shape index (κ3) is 3.01. The number of hydrogen-bond donors (Lipinski definition) is 2. The fraction of sp³-hybridized carbons (Fsp3) is 0.462. The lowest BCUT2D eigenvalue weighted by atomic mass is 9.90. The molecule has 2 rings (SSSR count). The van der Waals surface area contributed by atoms with Gasteiger partial charge in [-0.2, -0.15) is 5.26 Å². The van der Waals surface area contributed by atoms with E-state index in [1.54, 1.807) is 6.07 Å². The number of rotatable bonds is 3. The van der Waals surface area contributed by atoms with Crippen LogP contribution in [0.4, 0.5) is 11.4 Å². The lowest BCUT2D eigenvalue weighted by Crippen LogP contribution is -2.42. The summed E-state index contributed by atoms with van der Waals surface area (Å²) in [6.07, 6.45) is 4.17. The van der Waals surface area contributed by atoms with E-state index in [9.17, 15) is 10.1 Å². The Hall–Kier alpha value is -2.13. The van der Waals surface area contributed by atoms with Gasteiger partial charge in [-0.3, -0.25) is 10.1 Å². The summed E-state index contributed by atoms with van der Waals surface area (Å²) in [5, 5.41) is 23.0. The summed E-state index contributed by atoms with van der Waals surface area (Å²) in [5.74, 6) is 0. The number of non-ortho nitro benzene ring substituents is 1. The van der Waals surface area contributed by atoms with Crippen LogP contribution in [0.25, 0.3) is 0 Å². The highest BCUT2D eigenvalue weighted by Crippen LogP contribution is 2.25. The van der Waals surface area contributed by atoms with Crippen LogP contribution in [-0.2, 0) is 0 Å². The van der Waals surface area contributed by atoms with Crippen molar-refractivity contribution in [2.24, 2.45) is 5.73 Å². The molecule has 0 bridgehead atoms. The predicted octanol–water partition coefficient (Wildman–Crippen LogP) is 2.15. The normalized spacial score (nSPS) is 22.5. The van der Waals surface area contributed by atoms with Gasteiger partial charge in [0.2, 0.25) is 0 Å². The molecule has 0 amide bonds. The number of benzene rings is 1. The van der Waals surface area contributed by atoms with Crippen molar-refractivity contribution in [2.45, 2.75) is 37.8 Å². The third-order valence-electron chi connectivity index (χ3n) is 3.49. The molecule has 1 aromatic rings. The fourth-order valence-corrected chi connectivity index (χ4v) is 2.40. The van der Waals surface area contributed by atoms with E-state index < -0.39 is 4.92 Å². The molecule has 1 saturated carbocycles. The van der Waals surface area contributed by atoms with Crippen LogP contribution in [0.5, 0.6) is 0 Å². The van der Waals surface area contributed by atoms with Gasteiger partial charge in [0, 0.05) is 24.2 Å². The van der Waals surface area contributed by atoms with E-state index in [-0.39, 0.29) is 23.3 Å². The third-order valence-corrected chi connectivity index (χ3v) is 3.49. The minimum absolute atomic E-state index is 0.0653. The van der Waals surface area contributed by atoms with Crippen LogP contribution in [0.2, 0.25) is 0 Å². The average Bonchev–Trinajstić information content (AvgIpc) is 2.41. The van der Waals surface area contributed by atoms with E-state index in [4.69, 9.17) is 11.0 Å².